The summed E-state index contributed by atoms with van der Waals surface area (Å²) in [7, 11) is 1.77. The van der Waals surface area contributed by atoms with E-state index in [0.717, 1.165) is 18.4 Å². The fourth-order valence-corrected chi connectivity index (χ4v) is 3.88. The maximum atomic E-state index is 12.8. The first kappa shape index (κ1) is 14.2. The van der Waals surface area contributed by atoms with Crippen LogP contribution in [0, 0.1) is 0 Å². The van der Waals surface area contributed by atoms with Crippen LogP contribution in [0.15, 0.2) is 18.2 Å². The average Bonchev–Trinajstić information content (AvgIpc) is 3.01. The molecule has 0 aromatic heterocycles. The lowest BCUT2D eigenvalue weighted by Gasteiger charge is -2.26. The number of nitrogens with zero attached hydrogens (tertiary/aromatic N) is 3. The van der Waals surface area contributed by atoms with Gasteiger partial charge in [-0.2, -0.15) is 0 Å². The van der Waals surface area contributed by atoms with Crippen molar-refractivity contribution >= 4 is 23.5 Å². The van der Waals surface area contributed by atoms with Crippen molar-refractivity contribution in [1.82, 2.24) is 9.80 Å². The Hall–Kier alpha value is -2.37. The predicted molar refractivity (Wildman–Crippen MR) is 84.3 cm³/mol. The van der Waals surface area contributed by atoms with E-state index < -0.39 is 5.54 Å². The van der Waals surface area contributed by atoms with Gasteiger partial charge in [0, 0.05) is 25.7 Å². The number of hydrogen-bond acceptors (Lipinski definition) is 3. The van der Waals surface area contributed by atoms with Gasteiger partial charge in [-0.15, -0.1) is 0 Å². The minimum atomic E-state index is -0.728. The lowest BCUT2D eigenvalue weighted by molar-refractivity contribution is -0.123. The number of fused-ring (bicyclic) bond motifs is 2. The largest absolute Gasteiger partial charge is 0.341 e. The van der Waals surface area contributed by atoms with E-state index in [-0.39, 0.29) is 17.8 Å². The van der Waals surface area contributed by atoms with Gasteiger partial charge in [0.25, 0.3) is 11.8 Å². The van der Waals surface area contributed by atoms with Crippen molar-refractivity contribution in [3.8, 4) is 0 Å². The van der Waals surface area contributed by atoms with E-state index in [1.54, 1.807) is 29.0 Å². The third-order valence-electron chi connectivity index (χ3n) is 5.37. The first-order valence-electron chi connectivity index (χ1n) is 7.98. The number of anilines is 1. The van der Waals surface area contributed by atoms with Crippen LogP contribution in [0.1, 0.15) is 35.7 Å². The number of imide groups is 1. The van der Waals surface area contributed by atoms with E-state index in [0.29, 0.717) is 30.8 Å². The third kappa shape index (κ3) is 1.77. The van der Waals surface area contributed by atoms with Gasteiger partial charge in [0.1, 0.15) is 5.54 Å². The van der Waals surface area contributed by atoms with Crippen LogP contribution in [-0.2, 0) is 11.2 Å². The van der Waals surface area contributed by atoms with Crippen molar-refractivity contribution in [2.24, 2.45) is 0 Å². The SMILES string of the molecule is CN1CCc2ccc(N3C(=O)N4CCC[C@@]4(C)C3=O)cc2C1=O. The van der Waals surface area contributed by atoms with Gasteiger partial charge < -0.3 is 9.80 Å². The number of rotatable bonds is 1. The van der Waals surface area contributed by atoms with E-state index >= 15 is 0 Å². The zero-order chi connectivity index (χ0) is 16.4. The minimum absolute atomic E-state index is 0.0566. The number of urea groups is 1. The summed E-state index contributed by atoms with van der Waals surface area (Å²) >= 11 is 0. The number of carbonyl (C=O) groups excluding carboxylic acids is 3. The number of carbonyl (C=O) groups is 3. The van der Waals surface area contributed by atoms with Crippen molar-refractivity contribution < 1.29 is 14.4 Å². The van der Waals surface area contributed by atoms with E-state index in [1.807, 2.05) is 13.0 Å². The van der Waals surface area contributed by atoms with Crippen LogP contribution >= 0.6 is 0 Å². The average molecular weight is 313 g/mol. The molecule has 3 aliphatic rings. The smallest absolute Gasteiger partial charge is 0.332 e. The standard InChI is InChI=1S/C17H19N3O3/c1-17-7-3-8-19(17)16(23)20(15(17)22)12-5-4-11-6-9-18(2)14(21)13(11)10-12/h4-5,10H,3,6-9H2,1-2H3/t17-/m0/s1. The number of likely N-dealkylation sites (N-methyl/N-ethyl adjacent to an activating group) is 1. The molecule has 4 amide bonds. The molecule has 0 saturated carbocycles. The molecule has 4 rings (SSSR count). The molecule has 0 aliphatic carbocycles. The van der Waals surface area contributed by atoms with Gasteiger partial charge in [-0.25, -0.2) is 9.69 Å². The Kier molecular flexibility index (Phi) is 2.83. The molecule has 1 aromatic rings. The molecule has 6 nitrogen and oxygen atoms in total. The topological polar surface area (TPSA) is 60.9 Å². The Balaban J connectivity index is 1.76. The van der Waals surface area contributed by atoms with Crippen molar-refractivity contribution in [2.75, 3.05) is 25.0 Å². The third-order valence-corrected chi connectivity index (χ3v) is 5.37. The lowest BCUT2D eigenvalue weighted by atomic mass is 9.97. The summed E-state index contributed by atoms with van der Waals surface area (Å²) in [4.78, 5) is 42.3. The molecule has 2 saturated heterocycles. The van der Waals surface area contributed by atoms with E-state index in [4.69, 9.17) is 0 Å². The Morgan fingerprint density at radius 2 is 1.91 bits per heavy atom. The highest BCUT2D eigenvalue weighted by Crippen LogP contribution is 2.40. The van der Waals surface area contributed by atoms with Crippen LogP contribution in [0.2, 0.25) is 0 Å². The Morgan fingerprint density at radius 1 is 1.13 bits per heavy atom. The Bertz CT molecular complexity index is 745. The maximum Gasteiger partial charge on any atom is 0.332 e. The van der Waals surface area contributed by atoms with E-state index in [1.165, 1.54) is 4.90 Å². The normalized spacial score (nSPS) is 26.9. The van der Waals surface area contributed by atoms with Crippen LogP contribution < -0.4 is 4.90 Å². The molecular formula is C17H19N3O3. The Labute approximate surface area is 134 Å². The summed E-state index contributed by atoms with van der Waals surface area (Å²) in [5, 5.41) is 0. The molecule has 0 spiro atoms. The van der Waals surface area contributed by atoms with Crippen LogP contribution in [0.4, 0.5) is 10.5 Å². The lowest BCUT2D eigenvalue weighted by Crippen LogP contribution is -2.41. The molecule has 2 fully saturated rings. The highest BCUT2D eigenvalue weighted by molar-refractivity contribution is 6.23. The van der Waals surface area contributed by atoms with E-state index in [2.05, 4.69) is 0 Å². The predicted octanol–water partition coefficient (Wildman–Crippen LogP) is 1.64. The van der Waals surface area contributed by atoms with Gasteiger partial charge in [-0.3, -0.25) is 9.59 Å². The van der Waals surface area contributed by atoms with Gasteiger partial charge in [-0.05, 0) is 43.9 Å². The molecule has 23 heavy (non-hydrogen) atoms. The van der Waals surface area contributed by atoms with Crippen molar-refractivity contribution in [1.29, 1.82) is 0 Å². The van der Waals surface area contributed by atoms with Crippen molar-refractivity contribution in [3.63, 3.8) is 0 Å². The summed E-state index contributed by atoms with van der Waals surface area (Å²) < 4.78 is 0. The molecule has 0 radical (unpaired) electrons. The maximum absolute atomic E-state index is 12.8. The zero-order valence-electron chi connectivity index (χ0n) is 13.3. The summed E-state index contributed by atoms with van der Waals surface area (Å²) in [5.74, 6) is -0.240. The second-order valence-corrected chi connectivity index (χ2v) is 6.77. The summed E-state index contributed by atoms with van der Waals surface area (Å²) in [6.45, 7) is 3.14. The molecule has 1 aromatic carbocycles. The molecule has 120 valence electrons. The van der Waals surface area contributed by atoms with Crippen LogP contribution in [0.5, 0.6) is 0 Å². The number of benzene rings is 1. The van der Waals surface area contributed by atoms with Gasteiger partial charge in [-0.1, -0.05) is 6.07 Å². The zero-order valence-corrected chi connectivity index (χ0v) is 13.3. The second-order valence-electron chi connectivity index (χ2n) is 6.77. The van der Waals surface area contributed by atoms with Gasteiger partial charge in [0.05, 0.1) is 5.69 Å². The molecule has 6 heteroatoms. The summed E-state index contributed by atoms with van der Waals surface area (Å²) in [6, 6.07) is 5.06. The fourth-order valence-electron chi connectivity index (χ4n) is 3.88. The molecule has 0 unspecified atom stereocenters. The molecule has 3 heterocycles. The molecule has 1 atom stereocenters. The van der Waals surface area contributed by atoms with Crippen LogP contribution in [0.3, 0.4) is 0 Å². The first-order chi connectivity index (χ1) is 10.9. The number of hydrogen-bond donors (Lipinski definition) is 0. The van der Waals surface area contributed by atoms with Crippen LogP contribution in [0.25, 0.3) is 0 Å². The molecule has 3 aliphatic heterocycles. The molecule has 0 N–H and O–H groups in total. The fraction of sp³-hybridized carbons (Fsp3) is 0.471. The highest BCUT2D eigenvalue weighted by atomic mass is 16.2. The van der Waals surface area contributed by atoms with Gasteiger partial charge >= 0.3 is 6.03 Å². The minimum Gasteiger partial charge on any atom is -0.341 e. The summed E-state index contributed by atoms with van der Waals surface area (Å²) in [5.41, 5.74) is 1.34. The second kappa shape index (κ2) is 4.57. The highest BCUT2D eigenvalue weighted by Gasteiger charge is 2.56. The van der Waals surface area contributed by atoms with E-state index in [9.17, 15) is 14.4 Å². The summed E-state index contributed by atoms with van der Waals surface area (Å²) in [6.07, 6.45) is 2.35. The quantitative estimate of drug-likeness (QED) is 0.741. The molecular weight excluding hydrogens is 294 g/mol. The number of amides is 4. The molecule has 0 bridgehead atoms. The monoisotopic (exact) mass is 313 g/mol. The van der Waals surface area contributed by atoms with Crippen LogP contribution in [-0.4, -0.2) is 53.3 Å². The Morgan fingerprint density at radius 3 is 2.65 bits per heavy atom. The van der Waals surface area contributed by atoms with Crippen molar-refractivity contribution in [3.05, 3.63) is 29.3 Å². The first-order valence-corrected chi connectivity index (χ1v) is 7.98. The van der Waals surface area contributed by atoms with Gasteiger partial charge in [0.15, 0.2) is 0 Å². The van der Waals surface area contributed by atoms with Crippen molar-refractivity contribution in [2.45, 2.75) is 31.7 Å². The van der Waals surface area contributed by atoms with Gasteiger partial charge in [0.2, 0.25) is 0 Å².